The van der Waals surface area contributed by atoms with Gasteiger partial charge in [0.1, 0.15) is 0 Å². The summed E-state index contributed by atoms with van der Waals surface area (Å²) in [4.78, 5) is 0. The fourth-order valence-electron chi connectivity index (χ4n) is 1.91. The third-order valence-electron chi connectivity index (χ3n) is 3.51. The van der Waals surface area contributed by atoms with Gasteiger partial charge in [-0.2, -0.15) is 0 Å². The maximum Gasteiger partial charge on any atom is 0.0630 e. The number of ether oxygens (including phenoxy) is 2. The molecule has 2 unspecified atom stereocenters. The Morgan fingerprint density at radius 3 is 2.69 bits per heavy atom. The van der Waals surface area contributed by atoms with Gasteiger partial charge < -0.3 is 14.8 Å². The predicted octanol–water partition coefficient (Wildman–Crippen LogP) is 2.21. The fraction of sp³-hybridized carbons (Fsp3) is 1.00. The SMILES string of the molecule is CCNC(COC(C)(C)CC)C1CCOC1. The molecule has 3 nitrogen and oxygen atoms in total. The van der Waals surface area contributed by atoms with E-state index >= 15 is 0 Å². The fourth-order valence-corrected chi connectivity index (χ4v) is 1.91. The molecule has 0 aromatic heterocycles. The summed E-state index contributed by atoms with van der Waals surface area (Å²) in [7, 11) is 0. The Labute approximate surface area is 99.9 Å². The van der Waals surface area contributed by atoms with E-state index in [1.165, 1.54) is 0 Å². The maximum absolute atomic E-state index is 5.99. The first kappa shape index (κ1) is 13.9. The van der Waals surface area contributed by atoms with Gasteiger partial charge in [-0.25, -0.2) is 0 Å². The zero-order valence-corrected chi connectivity index (χ0v) is 11.2. The van der Waals surface area contributed by atoms with Crippen molar-refractivity contribution in [2.45, 2.75) is 52.2 Å². The lowest BCUT2D eigenvalue weighted by Gasteiger charge is -2.29. The summed E-state index contributed by atoms with van der Waals surface area (Å²) >= 11 is 0. The van der Waals surface area contributed by atoms with Crippen LogP contribution in [0.15, 0.2) is 0 Å². The highest BCUT2D eigenvalue weighted by atomic mass is 16.5. The minimum Gasteiger partial charge on any atom is -0.381 e. The standard InChI is InChI=1S/C13H27NO2/c1-5-13(3,4)16-10-12(14-6-2)11-7-8-15-9-11/h11-12,14H,5-10H2,1-4H3. The van der Waals surface area contributed by atoms with Crippen LogP contribution in [0.25, 0.3) is 0 Å². The Bertz CT molecular complexity index is 188. The monoisotopic (exact) mass is 229 g/mol. The Hall–Kier alpha value is -0.120. The second-order valence-corrected chi connectivity index (χ2v) is 5.21. The van der Waals surface area contributed by atoms with Gasteiger partial charge in [-0.15, -0.1) is 0 Å². The van der Waals surface area contributed by atoms with Crippen molar-refractivity contribution < 1.29 is 9.47 Å². The molecular weight excluding hydrogens is 202 g/mol. The third-order valence-corrected chi connectivity index (χ3v) is 3.51. The lowest BCUT2D eigenvalue weighted by Crippen LogP contribution is -2.42. The first-order valence-corrected chi connectivity index (χ1v) is 6.54. The highest BCUT2D eigenvalue weighted by Crippen LogP contribution is 2.20. The molecule has 96 valence electrons. The summed E-state index contributed by atoms with van der Waals surface area (Å²) in [5.41, 5.74) is -0.00681. The first-order valence-electron chi connectivity index (χ1n) is 6.54. The molecule has 2 atom stereocenters. The molecule has 0 aliphatic carbocycles. The molecule has 3 heteroatoms. The summed E-state index contributed by atoms with van der Waals surface area (Å²) in [6.45, 7) is 12.2. The van der Waals surface area contributed by atoms with Crippen molar-refractivity contribution in [3.8, 4) is 0 Å². The van der Waals surface area contributed by atoms with Gasteiger partial charge in [0, 0.05) is 18.6 Å². The number of hydrogen-bond acceptors (Lipinski definition) is 3. The topological polar surface area (TPSA) is 30.5 Å². The van der Waals surface area contributed by atoms with E-state index in [0.717, 1.165) is 39.2 Å². The first-order chi connectivity index (χ1) is 7.59. The number of hydrogen-bond donors (Lipinski definition) is 1. The molecule has 1 saturated heterocycles. The summed E-state index contributed by atoms with van der Waals surface area (Å²) < 4.78 is 11.4. The number of likely N-dealkylation sites (N-methyl/N-ethyl adjacent to an activating group) is 1. The van der Waals surface area contributed by atoms with E-state index in [2.05, 4.69) is 33.0 Å². The molecule has 0 radical (unpaired) electrons. The van der Waals surface area contributed by atoms with Crippen molar-refractivity contribution in [2.24, 2.45) is 5.92 Å². The van der Waals surface area contributed by atoms with Crippen molar-refractivity contribution in [3.63, 3.8) is 0 Å². The lowest BCUT2D eigenvalue weighted by atomic mass is 9.99. The zero-order chi connectivity index (χ0) is 12.0. The van der Waals surface area contributed by atoms with Crippen LogP contribution in [0.4, 0.5) is 0 Å². The summed E-state index contributed by atoms with van der Waals surface area (Å²) in [5.74, 6) is 0.618. The van der Waals surface area contributed by atoms with Crippen molar-refractivity contribution in [1.82, 2.24) is 5.32 Å². The van der Waals surface area contributed by atoms with Gasteiger partial charge in [0.25, 0.3) is 0 Å². The highest BCUT2D eigenvalue weighted by Gasteiger charge is 2.27. The van der Waals surface area contributed by atoms with Crippen LogP contribution in [-0.4, -0.2) is 38.0 Å². The maximum atomic E-state index is 5.99. The highest BCUT2D eigenvalue weighted by molar-refractivity contribution is 4.80. The van der Waals surface area contributed by atoms with Crippen LogP contribution in [-0.2, 0) is 9.47 Å². The molecular formula is C13H27NO2. The Morgan fingerprint density at radius 1 is 1.44 bits per heavy atom. The number of rotatable bonds is 7. The summed E-state index contributed by atoms with van der Waals surface area (Å²) in [6.07, 6.45) is 2.21. The van der Waals surface area contributed by atoms with Crippen molar-refractivity contribution in [2.75, 3.05) is 26.4 Å². The van der Waals surface area contributed by atoms with Crippen LogP contribution in [0.5, 0.6) is 0 Å². The Balaban J connectivity index is 2.38. The molecule has 1 rings (SSSR count). The third kappa shape index (κ3) is 4.40. The molecule has 0 saturated carbocycles. The van der Waals surface area contributed by atoms with Crippen LogP contribution in [0, 0.1) is 5.92 Å². The largest absolute Gasteiger partial charge is 0.381 e. The van der Waals surface area contributed by atoms with E-state index in [-0.39, 0.29) is 5.60 Å². The lowest BCUT2D eigenvalue weighted by molar-refractivity contribution is -0.0375. The molecule has 1 fully saturated rings. The van der Waals surface area contributed by atoms with Crippen LogP contribution in [0.1, 0.15) is 40.5 Å². The van der Waals surface area contributed by atoms with Gasteiger partial charge in [-0.3, -0.25) is 0 Å². The summed E-state index contributed by atoms with van der Waals surface area (Å²) in [5, 5.41) is 3.52. The van der Waals surface area contributed by atoms with Crippen LogP contribution >= 0.6 is 0 Å². The van der Waals surface area contributed by atoms with Crippen molar-refractivity contribution in [3.05, 3.63) is 0 Å². The van der Waals surface area contributed by atoms with Gasteiger partial charge in [-0.1, -0.05) is 13.8 Å². The second-order valence-electron chi connectivity index (χ2n) is 5.21. The van der Waals surface area contributed by atoms with E-state index in [9.17, 15) is 0 Å². The average molecular weight is 229 g/mol. The normalized spacial score (nSPS) is 23.6. The van der Waals surface area contributed by atoms with Gasteiger partial charge in [-0.05, 0) is 33.2 Å². The van der Waals surface area contributed by atoms with Gasteiger partial charge in [0.2, 0.25) is 0 Å². The minimum atomic E-state index is -0.00681. The van der Waals surface area contributed by atoms with E-state index in [4.69, 9.17) is 9.47 Å². The average Bonchev–Trinajstić information content (AvgIpc) is 2.77. The number of nitrogens with one attached hydrogen (secondary N) is 1. The van der Waals surface area contributed by atoms with Crippen LogP contribution < -0.4 is 5.32 Å². The van der Waals surface area contributed by atoms with Crippen LogP contribution in [0.2, 0.25) is 0 Å². The Morgan fingerprint density at radius 2 is 2.19 bits per heavy atom. The molecule has 1 aliphatic rings. The molecule has 1 N–H and O–H groups in total. The quantitative estimate of drug-likeness (QED) is 0.726. The van der Waals surface area contributed by atoms with Gasteiger partial charge in [0.15, 0.2) is 0 Å². The van der Waals surface area contributed by atoms with E-state index in [1.54, 1.807) is 0 Å². The molecule has 0 spiro atoms. The zero-order valence-electron chi connectivity index (χ0n) is 11.2. The minimum absolute atomic E-state index is 0.00681. The Kier molecular flexibility index (Phi) is 5.73. The smallest absolute Gasteiger partial charge is 0.0630 e. The van der Waals surface area contributed by atoms with E-state index in [0.29, 0.717) is 12.0 Å². The molecule has 0 aromatic carbocycles. The van der Waals surface area contributed by atoms with Gasteiger partial charge >= 0.3 is 0 Å². The van der Waals surface area contributed by atoms with E-state index in [1.807, 2.05) is 0 Å². The molecule has 16 heavy (non-hydrogen) atoms. The van der Waals surface area contributed by atoms with Crippen molar-refractivity contribution >= 4 is 0 Å². The molecule has 0 aromatic rings. The predicted molar refractivity (Wildman–Crippen MR) is 66.7 cm³/mol. The molecule has 1 heterocycles. The van der Waals surface area contributed by atoms with Gasteiger partial charge in [0.05, 0.1) is 18.8 Å². The molecule has 0 bridgehead atoms. The van der Waals surface area contributed by atoms with E-state index < -0.39 is 0 Å². The second kappa shape index (κ2) is 6.58. The molecule has 1 aliphatic heterocycles. The summed E-state index contributed by atoms with van der Waals surface area (Å²) in [6, 6.07) is 0.443. The molecule has 0 amide bonds. The van der Waals surface area contributed by atoms with Crippen LogP contribution in [0.3, 0.4) is 0 Å². The van der Waals surface area contributed by atoms with Crippen molar-refractivity contribution in [1.29, 1.82) is 0 Å².